The van der Waals surface area contributed by atoms with Crippen LogP contribution in [0.2, 0.25) is 0 Å². The lowest BCUT2D eigenvalue weighted by Crippen LogP contribution is -2.36. The lowest BCUT2D eigenvalue weighted by atomic mass is 10.1. The van der Waals surface area contributed by atoms with E-state index in [1.54, 1.807) is 37.3 Å². The molecule has 1 aliphatic rings. The molecule has 1 saturated heterocycles. The van der Waals surface area contributed by atoms with E-state index in [4.69, 9.17) is 4.42 Å². The third-order valence-corrected chi connectivity index (χ3v) is 7.40. The summed E-state index contributed by atoms with van der Waals surface area (Å²) in [4.78, 5) is 26.5. The number of hydrogen-bond acceptors (Lipinski definition) is 6. The maximum absolute atomic E-state index is 14.6. The number of benzene rings is 3. The van der Waals surface area contributed by atoms with E-state index in [0.29, 0.717) is 22.1 Å². The minimum absolute atomic E-state index is 0.0956. The van der Waals surface area contributed by atoms with Gasteiger partial charge in [-0.2, -0.15) is 0 Å². The summed E-state index contributed by atoms with van der Waals surface area (Å²) in [5, 5.41) is 3.68. The monoisotopic (exact) mass is 495 g/mol. The predicted molar refractivity (Wildman–Crippen MR) is 131 cm³/mol. The second kappa shape index (κ2) is 8.70. The maximum atomic E-state index is 14.6. The number of amides is 2. The van der Waals surface area contributed by atoms with E-state index >= 15 is 0 Å². The van der Waals surface area contributed by atoms with Crippen LogP contribution in [0.1, 0.15) is 30.3 Å². The molecule has 0 bridgehead atoms. The summed E-state index contributed by atoms with van der Waals surface area (Å²) in [5.41, 5.74) is 1.27. The second-order valence-corrected chi connectivity index (χ2v) is 9.93. The lowest BCUT2D eigenvalue weighted by molar-refractivity contribution is -0.115. The average Bonchev–Trinajstić information content (AvgIpc) is 3.22. The van der Waals surface area contributed by atoms with E-state index in [9.17, 15) is 22.4 Å². The fraction of sp³-hybridized carbons (Fsp3) is 0.200. The molecule has 35 heavy (non-hydrogen) atoms. The average molecular weight is 496 g/mol. The molecule has 1 fully saturated rings. The number of anilines is 2. The van der Waals surface area contributed by atoms with Crippen molar-refractivity contribution in [3.63, 3.8) is 0 Å². The molecule has 0 saturated carbocycles. The van der Waals surface area contributed by atoms with Crippen LogP contribution in [0.25, 0.3) is 21.7 Å². The van der Waals surface area contributed by atoms with Gasteiger partial charge in [-0.3, -0.25) is 9.59 Å². The first-order valence-electron chi connectivity index (χ1n) is 11.1. The van der Waals surface area contributed by atoms with E-state index in [1.807, 2.05) is 9.62 Å². The number of rotatable bonds is 6. The van der Waals surface area contributed by atoms with Gasteiger partial charge >= 0.3 is 5.91 Å². The molecule has 10 heteroatoms. The molecule has 4 aromatic rings. The van der Waals surface area contributed by atoms with Gasteiger partial charge in [-0.05, 0) is 24.6 Å². The zero-order valence-electron chi connectivity index (χ0n) is 18.8. The van der Waals surface area contributed by atoms with Gasteiger partial charge < -0.3 is 14.6 Å². The molecule has 0 radical (unpaired) electrons. The molecule has 1 aromatic heterocycles. The van der Waals surface area contributed by atoms with Gasteiger partial charge in [0.05, 0.1) is 10.3 Å². The number of sulfonamides is 1. The van der Waals surface area contributed by atoms with Crippen molar-refractivity contribution in [2.45, 2.75) is 24.7 Å². The molecule has 3 aromatic carbocycles. The first-order chi connectivity index (χ1) is 16.8. The smallest absolute Gasteiger partial charge is 0.300 e. The summed E-state index contributed by atoms with van der Waals surface area (Å²) in [7, 11) is -4.32. The highest BCUT2D eigenvalue weighted by Crippen LogP contribution is 2.31. The van der Waals surface area contributed by atoms with Gasteiger partial charge in [0.1, 0.15) is 11.4 Å². The number of carbonyl (C=O) groups excluding carboxylic acids is 2. The van der Waals surface area contributed by atoms with Gasteiger partial charge in [0.2, 0.25) is 5.91 Å². The third-order valence-electron chi connectivity index (χ3n) is 6.01. The van der Waals surface area contributed by atoms with Crippen LogP contribution in [0.4, 0.5) is 15.8 Å². The minimum Gasteiger partial charge on any atom is -0.451 e. The summed E-state index contributed by atoms with van der Waals surface area (Å²) < 4.78 is 48.4. The lowest BCUT2D eigenvalue weighted by Gasteiger charge is -2.33. The number of halogens is 1. The van der Waals surface area contributed by atoms with Crippen LogP contribution < -0.4 is 14.9 Å². The molecule has 0 atom stereocenters. The fourth-order valence-corrected chi connectivity index (χ4v) is 5.22. The van der Waals surface area contributed by atoms with Gasteiger partial charge in [-0.25, -0.2) is 17.5 Å². The zero-order valence-corrected chi connectivity index (χ0v) is 19.6. The van der Waals surface area contributed by atoms with Crippen LogP contribution >= 0.6 is 0 Å². The fourth-order valence-electron chi connectivity index (χ4n) is 4.04. The van der Waals surface area contributed by atoms with Crippen molar-refractivity contribution in [3.05, 3.63) is 66.2 Å². The Morgan fingerprint density at radius 1 is 1.03 bits per heavy atom. The molecule has 0 spiro atoms. The largest absolute Gasteiger partial charge is 0.451 e. The van der Waals surface area contributed by atoms with Gasteiger partial charge in [0.15, 0.2) is 5.76 Å². The van der Waals surface area contributed by atoms with Crippen LogP contribution in [0, 0.1) is 5.82 Å². The molecule has 1 aliphatic heterocycles. The Morgan fingerprint density at radius 2 is 1.77 bits per heavy atom. The number of nitrogens with one attached hydrogen (secondary N) is 2. The minimum atomic E-state index is -4.32. The Kier molecular flexibility index (Phi) is 5.68. The number of fused-ring (bicyclic) bond motifs is 2. The Labute approximate surface area is 200 Å². The Bertz CT molecular complexity index is 1590. The van der Waals surface area contributed by atoms with Crippen molar-refractivity contribution >= 4 is 55.0 Å². The van der Waals surface area contributed by atoms with Gasteiger partial charge in [-0.15, -0.1) is 0 Å². The Morgan fingerprint density at radius 3 is 2.49 bits per heavy atom. The normalized spacial score (nSPS) is 13.6. The van der Waals surface area contributed by atoms with Crippen LogP contribution in [0.15, 0.2) is 63.9 Å². The highest BCUT2D eigenvalue weighted by molar-refractivity contribution is 7.90. The summed E-state index contributed by atoms with van der Waals surface area (Å²) in [6.07, 6.45) is 1.28. The van der Waals surface area contributed by atoms with Crippen molar-refractivity contribution < 1.29 is 26.8 Å². The van der Waals surface area contributed by atoms with E-state index in [-0.39, 0.29) is 34.0 Å². The summed E-state index contributed by atoms with van der Waals surface area (Å²) in [6.45, 7) is 3.33. The highest BCUT2D eigenvalue weighted by Gasteiger charge is 2.25. The molecule has 2 heterocycles. The van der Waals surface area contributed by atoms with Crippen LogP contribution in [-0.4, -0.2) is 33.3 Å². The molecule has 180 valence electrons. The van der Waals surface area contributed by atoms with Crippen molar-refractivity contribution in [2.75, 3.05) is 23.3 Å². The SMILES string of the molecule is CCC(=O)Nc1cccc2c(S(=O)(=O)NC(=O)c3cc4c(F)cc(N5CCC5)cc4o3)cccc12. The zero-order chi connectivity index (χ0) is 24.7. The van der Waals surface area contributed by atoms with Crippen molar-refractivity contribution in [1.29, 1.82) is 0 Å². The van der Waals surface area contributed by atoms with Crippen LogP contribution in [0.3, 0.4) is 0 Å². The van der Waals surface area contributed by atoms with Gasteiger partial charge in [0.25, 0.3) is 10.0 Å². The van der Waals surface area contributed by atoms with Crippen molar-refractivity contribution in [2.24, 2.45) is 0 Å². The predicted octanol–water partition coefficient (Wildman–Crippen LogP) is 4.40. The van der Waals surface area contributed by atoms with Crippen LogP contribution in [-0.2, 0) is 14.8 Å². The number of carbonyl (C=O) groups is 2. The summed E-state index contributed by atoms with van der Waals surface area (Å²) in [5.74, 6) is -2.10. The van der Waals surface area contributed by atoms with E-state index < -0.39 is 21.7 Å². The molecular formula is C25H22FN3O5S. The summed E-state index contributed by atoms with van der Waals surface area (Å²) >= 11 is 0. The quantitative estimate of drug-likeness (QED) is 0.410. The Hall–Kier alpha value is -3.92. The molecule has 0 aliphatic carbocycles. The molecule has 2 N–H and O–H groups in total. The van der Waals surface area contributed by atoms with Crippen LogP contribution in [0.5, 0.6) is 0 Å². The number of hydrogen-bond donors (Lipinski definition) is 2. The first kappa shape index (κ1) is 22.9. The van der Waals surface area contributed by atoms with Crippen molar-refractivity contribution in [3.8, 4) is 0 Å². The number of furan rings is 1. The van der Waals surface area contributed by atoms with E-state index in [1.165, 1.54) is 24.3 Å². The van der Waals surface area contributed by atoms with Gasteiger partial charge in [-0.1, -0.05) is 31.2 Å². The van der Waals surface area contributed by atoms with E-state index in [0.717, 1.165) is 19.5 Å². The maximum Gasteiger partial charge on any atom is 0.300 e. The molecule has 0 unspecified atom stereocenters. The topological polar surface area (TPSA) is 109 Å². The highest BCUT2D eigenvalue weighted by atomic mass is 32.2. The first-order valence-corrected chi connectivity index (χ1v) is 12.6. The standard InChI is InChI=1S/C25H22FN3O5S/c1-2-24(30)27-20-8-3-7-17-16(20)6-4-9-23(17)35(32,33)28-25(31)22-14-18-19(26)12-15(13-21(18)34-22)29-10-5-11-29/h3-4,6-9,12-14H,2,5,10-11H2,1H3,(H,27,30)(H,28,31). The van der Waals surface area contributed by atoms with Crippen molar-refractivity contribution in [1.82, 2.24) is 4.72 Å². The Balaban J connectivity index is 1.46. The summed E-state index contributed by atoms with van der Waals surface area (Å²) in [6, 6.07) is 13.6. The molecule has 2 amide bonds. The molecule has 5 rings (SSSR count). The molecule has 8 nitrogen and oxygen atoms in total. The third kappa shape index (κ3) is 4.21. The number of nitrogens with zero attached hydrogens (tertiary/aromatic N) is 1. The second-order valence-electron chi connectivity index (χ2n) is 8.28. The van der Waals surface area contributed by atoms with E-state index in [2.05, 4.69) is 5.32 Å². The van der Waals surface area contributed by atoms with Gasteiger partial charge in [0, 0.05) is 53.8 Å². The molecular weight excluding hydrogens is 473 g/mol.